The fraction of sp³-hybridized carbons (Fsp3) is 0.500. The third-order valence-electron chi connectivity index (χ3n) is 3.74. The predicted molar refractivity (Wildman–Crippen MR) is 81.3 cm³/mol. The molecule has 0 spiro atoms. The first-order valence-electron chi connectivity index (χ1n) is 7.10. The fourth-order valence-electron chi connectivity index (χ4n) is 2.64. The summed E-state index contributed by atoms with van der Waals surface area (Å²) in [6.07, 6.45) is 1.92. The standard InChI is InChI=1S/C16H25N3/c1-3-9-17-10-11-19-13-12-18(2)14-16(19)15-7-5-4-6-8-15/h3-8,16-17H,1,9-14H2,2H3. The van der Waals surface area contributed by atoms with Crippen molar-refractivity contribution >= 4 is 0 Å². The van der Waals surface area contributed by atoms with E-state index >= 15 is 0 Å². The molecule has 104 valence electrons. The van der Waals surface area contributed by atoms with Crippen molar-refractivity contribution in [1.29, 1.82) is 0 Å². The minimum absolute atomic E-state index is 0.519. The first kappa shape index (κ1) is 14.3. The first-order chi connectivity index (χ1) is 9.31. The molecule has 1 unspecified atom stereocenters. The average Bonchev–Trinajstić information content (AvgIpc) is 2.46. The average molecular weight is 259 g/mol. The molecular weight excluding hydrogens is 234 g/mol. The summed E-state index contributed by atoms with van der Waals surface area (Å²) in [5.41, 5.74) is 1.43. The van der Waals surface area contributed by atoms with Gasteiger partial charge in [-0.1, -0.05) is 36.4 Å². The van der Waals surface area contributed by atoms with E-state index in [-0.39, 0.29) is 0 Å². The Morgan fingerprint density at radius 1 is 1.32 bits per heavy atom. The maximum absolute atomic E-state index is 3.73. The summed E-state index contributed by atoms with van der Waals surface area (Å²) in [6.45, 7) is 10.2. The summed E-state index contributed by atoms with van der Waals surface area (Å²) in [5, 5.41) is 3.39. The van der Waals surface area contributed by atoms with Gasteiger partial charge in [0.1, 0.15) is 0 Å². The number of benzene rings is 1. The van der Waals surface area contributed by atoms with Crippen LogP contribution in [0.15, 0.2) is 43.0 Å². The van der Waals surface area contributed by atoms with Crippen LogP contribution < -0.4 is 5.32 Å². The molecule has 1 saturated heterocycles. The molecule has 0 aromatic heterocycles. The third kappa shape index (κ3) is 4.16. The van der Waals surface area contributed by atoms with E-state index in [0.717, 1.165) is 39.3 Å². The van der Waals surface area contributed by atoms with Gasteiger partial charge in [0.25, 0.3) is 0 Å². The van der Waals surface area contributed by atoms with Crippen LogP contribution in [0.1, 0.15) is 11.6 Å². The van der Waals surface area contributed by atoms with E-state index in [1.54, 1.807) is 0 Å². The number of nitrogens with one attached hydrogen (secondary N) is 1. The smallest absolute Gasteiger partial charge is 0.0476 e. The summed E-state index contributed by atoms with van der Waals surface area (Å²) < 4.78 is 0. The van der Waals surface area contributed by atoms with Gasteiger partial charge < -0.3 is 10.2 Å². The van der Waals surface area contributed by atoms with E-state index in [4.69, 9.17) is 0 Å². The monoisotopic (exact) mass is 259 g/mol. The number of hydrogen-bond acceptors (Lipinski definition) is 3. The number of nitrogens with zero attached hydrogens (tertiary/aromatic N) is 2. The molecule has 1 aromatic rings. The molecule has 19 heavy (non-hydrogen) atoms. The van der Waals surface area contributed by atoms with Gasteiger partial charge in [-0.2, -0.15) is 0 Å². The Morgan fingerprint density at radius 2 is 2.11 bits per heavy atom. The molecule has 1 N–H and O–H groups in total. The zero-order valence-electron chi connectivity index (χ0n) is 11.9. The fourth-order valence-corrected chi connectivity index (χ4v) is 2.64. The maximum atomic E-state index is 3.73. The van der Waals surface area contributed by atoms with Crippen molar-refractivity contribution in [2.45, 2.75) is 6.04 Å². The van der Waals surface area contributed by atoms with Crippen LogP contribution in [0.4, 0.5) is 0 Å². The molecule has 1 fully saturated rings. The van der Waals surface area contributed by atoms with Crippen molar-refractivity contribution < 1.29 is 0 Å². The van der Waals surface area contributed by atoms with Gasteiger partial charge in [-0.05, 0) is 12.6 Å². The van der Waals surface area contributed by atoms with E-state index in [1.165, 1.54) is 5.56 Å². The van der Waals surface area contributed by atoms with Gasteiger partial charge in [-0.15, -0.1) is 6.58 Å². The van der Waals surface area contributed by atoms with Crippen molar-refractivity contribution in [3.8, 4) is 0 Å². The van der Waals surface area contributed by atoms with Gasteiger partial charge in [0.15, 0.2) is 0 Å². The van der Waals surface area contributed by atoms with E-state index in [2.05, 4.69) is 59.1 Å². The van der Waals surface area contributed by atoms with Gasteiger partial charge >= 0.3 is 0 Å². The van der Waals surface area contributed by atoms with Crippen molar-refractivity contribution in [2.75, 3.05) is 46.3 Å². The van der Waals surface area contributed by atoms with Crippen LogP contribution in [0.5, 0.6) is 0 Å². The topological polar surface area (TPSA) is 18.5 Å². The normalized spacial score (nSPS) is 21.4. The Bertz CT molecular complexity index is 377. The molecule has 0 amide bonds. The predicted octanol–water partition coefficient (Wildman–Crippen LogP) is 1.75. The highest BCUT2D eigenvalue weighted by molar-refractivity contribution is 5.20. The van der Waals surface area contributed by atoms with Crippen LogP contribution in [0.25, 0.3) is 0 Å². The van der Waals surface area contributed by atoms with Crippen LogP contribution in [-0.2, 0) is 0 Å². The molecule has 1 atom stereocenters. The molecule has 0 radical (unpaired) electrons. The minimum atomic E-state index is 0.519. The van der Waals surface area contributed by atoms with Crippen LogP contribution >= 0.6 is 0 Å². The number of likely N-dealkylation sites (N-methyl/N-ethyl adjacent to an activating group) is 1. The Balaban J connectivity index is 1.96. The molecular formula is C16H25N3. The lowest BCUT2D eigenvalue weighted by Gasteiger charge is -2.40. The Labute approximate surface area is 116 Å². The second-order valence-corrected chi connectivity index (χ2v) is 5.22. The van der Waals surface area contributed by atoms with E-state index in [0.29, 0.717) is 6.04 Å². The van der Waals surface area contributed by atoms with E-state index in [9.17, 15) is 0 Å². The number of hydrogen-bond donors (Lipinski definition) is 1. The van der Waals surface area contributed by atoms with Crippen LogP contribution in [-0.4, -0.2) is 56.1 Å². The number of rotatable bonds is 6. The molecule has 0 bridgehead atoms. The quantitative estimate of drug-likeness (QED) is 0.620. The Morgan fingerprint density at radius 3 is 2.84 bits per heavy atom. The highest BCUT2D eigenvalue weighted by Crippen LogP contribution is 2.24. The Hall–Kier alpha value is -1.16. The lowest BCUT2D eigenvalue weighted by atomic mass is 10.0. The second-order valence-electron chi connectivity index (χ2n) is 5.22. The number of piperazine rings is 1. The molecule has 3 nitrogen and oxygen atoms in total. The molecule has 3 heteroatoms. The minimum Gasteiger partial charge on any atom is -0.312 e. The zero-order valence-corrected chi connectivity index (χ0v) is 11.9. The van der Waals surface area contributed by atoms with Gasteiger partial charge in [-0.3, -0.25) is 4.90 Å². The van der Waals surface area contributed by atoms with Crippen molar-refractivity contribution in [1.82, 2.24) is 15.1 Å². The molecule has 2 rings (SSSR count). The summed E-state index contributed by atoms with van der Waals surface area (Å²) >= 11 is 0. The molecule has 1 aliphatic rings. The maximum Gasteiger partial charge on any atom is 0.0476 e. The largest absolute Gasteiger partial charge is 0.312 e. The van der Waals surface area contributed by atoms with E-state index < -0.39 is 0 Å². The summed E-state index contributed by atoms with van der Waals surface area (Å²) in [4.78, 5) is 5.01. The molecule has 1 heterocycles. The molecule has 1 aromatic carbocycles. The van der Waals surface area contributed by atoms with Crippen LogP contribution in [0.2, 0.25) is 0 Å². The lowest BCUT2D eigenvalue weighted by molar-refractivity contribution is 0.0909. The summed E-state index contributed by atoms with van der Waals surface area (Å²) in [5.74, 6) is 0. The van der Waals surface area contributed by atoms with Gasteiger partial charge in [0.05, 0.1) is 0 Å². The highest BCUT2D eigenvalue weighted by atomic mass is 15.3. The van der Waals surface area contributed by atoms with Crippen molar-refractivity contribution in [2.24, 2.45) is 0 Å². The van der Waals surface area contributed by atoms with Gasteiger partial charge in [-0.25, -0.2) is 0 Å². The molecule has 0 aliphatic carbocycles. The summed E-state index contributed by atoms with van der Waals surface area (Å²) in [6, 6.07) is 11.4. The first-order valence-corrected chi connectivity index (χ1v) is 7.10. The van der Waals surface area contributed by atoms with Crippen LogP contribution in [0.3, 0.4) is 0 Å². The van der Waals surface area contributed by atoms with Crippen LogP contribution in [0, 0.1) is 0 Å². The van der Waals surface area contributed by atoms with E-state index in [1.807, 2.05) is 6.08 Å². The van der Waals surface area contributed by atoms with Crippen molar-refractivity contribution in [3.05, 3.63) is 48.6 Å². The van der Waals surface area contributed by atoms with Gasteiger partial charge in [0, 0.05) is 45.3 Å². The van der Waals surface area contributed by atoms with Gasteiger partial charge in [0.2, 0.25) is 0 Å². The third-order valence-corrected chi connectivity index (χ3v) is 3.74. The lowest BCUT2D eigenvalue weighted by Crippen LogP contribution is -2.48. The Kier molecular flexibility index (Phi) is 5.58. The van der Waals surface area contributed by atoms with Crippen molar-refractivity contribution in [3.63, 3.8) is 0 Å². The molecule has 0 saturated carbocycles. The SMILES string of the molecule is C=CCNCCN1CCN(C)CC1c1ccccc1. The molecule has 1 aliphatic heterocycles. The summed E-state index contributed by atoms with van der Waals surface area (Å²) in [7, 11) is 2.21. The second kappa shape index (κ2) is 7.43. The highest BCUT2D eigenvalue weighted by Gasteiger charge is 2.25. The zero-order chi connectivity index (χ0) is 13.5.